The fourth-order valence-corrected chi connectivity index (χ4v) is 1.78. The van der Waals surface area contributed by atoms with E-state index in [1.54, 1.807) is 0 Å². The number of fused-ring (bicyclic) bond motifs is 1. The van der Waals surface area contributed by atoms with Gasteiger partial charge in [0.05, 0.1) is 7.11 Å². The normalized spacial score (nSPS) is 12.4. The van der Waals surface area contributed by atoms with Gasteiger partial charge < -0.3 is 8.92 Å². The van der Waals surface area contributed by atoms with E-state index in [9.17, 15) is 21.6 Å². The molecule has 0 spiro atoms. The van der Waals surface area contributed by atoms with Crippen LogP contribution < -0.4 is 8.92 Å². The Morgan fingerprint density at radius 3 is 2.60 bits per heavy atom. The van der Waals surface area contributed by atoms with Gasteiger partial charge in [0.25, 0.3) is 0 Å². The van der Waals surface area contributed by atoms with Gasteiger partial charge in [-0.1, -0.05) is 6.07 Å². The summed E-state index contributed by atoms with van der Waals surface area (Å²) >= 11 is 0. The van der Waals surface area contributed by atoms with Crippen molar-refractivity contribution in [1.29, 1.82) is 0 Å². The zero-order chi connectivity index (χ0) is 15.0. The number of aromatic nitrogens is 2. The molecule has 0 fully saturated rings. The molecule has 0 saturated heterocycles. The molecule has 0 saturated carbocycles. The molecule has 0 aliphatic rings. The Labute approximate surface area is 111 Å². The molecule has 0 amide bonds. The summed E-state index contributed by atoms with van der Waals surface area (Å²) in [6.07, 6.45) is 1.43. The molecule has 0 bridgehead atoms. The van der Waals surface area contributed by atoms with Gasteiger partial charge in [0.2, 0.25) is 11.8 Å². The number of methoxy groups -OCH3 is 1. The van der Waals surface area contributed by atoms with Gasteiger partial charge in [0.1, 0.15) is 5.52 Å². The van der Waals surface area contributed by atoms with Crippen LogP contribution in [0.1, 0.15) is 0 Å². The second kappa shape index (κ2) is 4.78. The molecule has 20 heavy (non-hydrogen) atoms. The summed E-state index contributed by atoms with van der Waals surface area (Å²) in [6.45, 7) is 0. The third-order valence-corrected chi connectivity index (χ3v) is 3.16. The van der Waals surface area contributed by atoms with Crippen molar-refractivity contribution in [2.24, 2.45) is 0 Å². The molecule has 0 atom stereocenters. The van der Waals surface area contributed by atoms with E-state index in [1.165, 1.54) is 25.4 Å². The quantitative estimate of drug-likeness (QED) is 0.636. The van der Waals surface area contributed by atoms with Gasteiger partial charge in [-0.15, -0.1) is 0 Å². The highest BCUT2D eigenvalue weighted by Crippen LogP contribution is 2.30. The number of alkyl halides is 3. The second-order valence-electron chi connectivity index (χ2n) is 3.53. The van der Waals surface area contributed by atoms with Crippen molar-refractivity contribution in [1.82, 2.24) is 9.97 Å². The van der Waals surface area contributed by atoms with E-state index in [-0.39, 0.29) is 11.4 Å². The molecule has 10 heteroatoms. The summed E-state index contributed by atoms with van der Waals surface area (Å²) in [6, 6.07) is 4.04. The van der Waals surface area contributed by atoms with Crippen LogP contribution in [0.3, 0.4) is 0 Å². The monoisotopic (exact) mass is 308 g/mol. The van der Waals surface area contributed by atoms with Crippen LogP contribution >= 0.6 is 0 Å². The van der Waals surface area contributed by atoms with Crippen LogP contribution in [-0.4, -0.2) is 31.0 Å². The maximum absolute atomic E-state index is 12.2. The lowest BCUT2D eigenvalue weighted by Crippen LogP contribution is -2.28. The first-order valence-corrected chi connectivity index (χ1v) is 6.46. The number of hydrogen-bond donors (Lipinski definition) is 0. The summed E-state index contributed by atoms with van der Waals surface area (Å²) in [5.74, 6) is -0.893. The molecule has 0 aliphatic carbocycles. The highest BCUT2D eigenvalue weighted by molar-refractivity contribution is 7.87. The van der Waals surface area contributed by atoms with E-state index >= 15 is 0 Å². The second-order valence-corrected chi connectivity index (χ2v) is 5.07. The van der Waals surface area contributed by atoms with Crippen LogP contribution in [0.5, 0.6) is 11.8 Å². The van der Waals surface area contributed by atoms with E-state index in [1.807, 2.05) is 0 Å². The zero-order valence-corrected chi connectivity index (χ0v) is 10.7. The molecule has 0 radical (unpaired) electrons. The van der Waals surface area contributed by atoms with Crippen molar-refractivity contribution in [3.63, 3.8) is 0 Å². The average molecular weight is 308 g/mol. The fraction of sp³-hybridized carbons (Fsp3) is 0.200. The maximum atomic E-state index is 12.2. The van der Waals surface area contributed by atoms with Crippen molar-refractivity contribution in [3.05, 3.63) is 24.4 Å². The molecule has 0 unspecified atom stereocenters. The highest BCUT2D eigenvalue weighted by Gasteiger charge is 2.48. The molecule has 2 heterocycles. The summed E-state index contributed by atoms with van der Waals surface area (Å²) in [5.41, 5.74) is -5.27. The summed E-state index contributed by atoms with van der Waals surface area (Å²) in [5, 5.41) is 0.326. The Hall–Kier alpha value is -2.10. The maximum Gasteiger partial charge on any atom is 0.534 e. The minimum Gasteiger partial charge on any atom is -0.479 e. The Morgan fingerprint density at radius 1 is 1.30 bits per heavy atom. The SMILES string of the molecule is COc1nc(OS(=O)(=O)C(F)(F)F)cc2cccnc12. The van der Waals surface area contributed by atoms with Gasteiger partial charge in [0.15, 0.2) is 0 Å². The Morgan fingerprint density at radius 2 is 2.00 bits per heavy atom. The fourth-order valence-electron chi connectivity index (χ4n) is 1.38. The number of hydrogen-bond acceptors (Lipinski definition) is 6. The van der Waals surface area contributed by atoms with Crippen molar-refractivity contribution in [2.45, 2.75) is 5.51 Å². The van der Waals surface area contributed by atoms with E-state index < -0.39 is 21.5 Å². The first-order chi connectivity index (χ1) is 9.24. The summed E-state index contributed by atoms with van der Waals surface area (Å²) in [7, 11) is -4.56. The lowest BCUT2D eigenvalue weighted by Gasteiger charge is -2.10. The van der Waals surface area contributed by atoms with Crippen LogP contribution in [0.2, 0.25) is 0 Å². The molecule has 2 aromatic rings. The Kier molecular flexibility index (Phi) is 3.42. The van der Waals surface area contributed by atoms with Crippen molar-refractivity contribution < 1.29 is 30.5 Å². The van der Waals surface area contributed by atoms with Gasteiger partial charge in [-0.25, -0.2) is 0 Å². The third-order valence-electron chi connectivity index (χ3n) is 2.20. The molecule has 0 aromatic carbocycles. The van der Waals surface area contributed by atoms with Crippen molar-refractivity contribution in [2.75, 3.05) is 7.11 Å². The highest BCUT2D eigenvalue weighted by atomic mass is 32.2. The van der Waals surface area contributed by atoms with Crippen molar-refractivity contribution >= 4 is 21.0 Å². The average Bonchev–Trinajstić information content (AvgIpc) is 2.36. The molecule has 2 aromatic heterocycles. The van der Waals surface area contributed by atoms with E-state index in [0.29, 0.717) is 5.39 Å². The zero-order valence-electron chi connectivity index (χ0n) is 9.88. The van der Waals surface area contributed by atoms with Crippen LogP contribution in [0.4, 0.5) is 13.2 Å². The first kappa shape index (κ1) is 14.3. The number of ether oxygens (including phenoxy) is 1. The van der Waals surface area contributed by atoms with Crippen LogP contribution in [0, 0.1) is 0 Å². The van der Waals surface area contributed by atoms with Gasteiger partial charge in [-0.05, 0) is 6.07 Å². The number of halogens is 3. The standard InChI is InChI=1S/C10H7F3N2O4S/c1-18-9-8-6(3-2-4-14-8)5-7(15-9)19-20(16,17)10(11,12)13/h2-5H,1H3. The summed E-state index contributed by atoms with van der Waals surface area (Å²) in [4.78, 5) is 7.46. The van der Waals surface area contributed by atoms with E-state index in [4.69, 9.17) is 4.74 Å². The molecular weight excluding hydrogens is 301 g/mol. The van der Waals surface area contributed by atoms with E-state index in [0.717, 1.165) is 6.07 Å². The molecular formula is C10H7F3N2O4S. The molecule has 0 aliphatic heterocycles. The predicted octanol–water partition coefficient (Wildman–Crippen LogP) is 1.87. The van der Waals surface area contributed by atoms with Gasteiger partial charge in [0, 0.05) is 17.6 Å². The van der Waals surface area contributed by atoms with Crippen LogP contribution in [-0.2, 0) is 10.1 Å². The first-order valence-electron chi connectivity index (χ1n) is 5.05. The number of rotatable bonds is 3. The van der Waals surface area contributed by atoms with Gasteiger partial charge in [-0.2, -0.15) is 26.6 Å². The Bertz CT molecular complexity index is 746. The minimum atomic E-state index is -5.78. The number of pyridine rings is 2. The number of nitrogens with zero attached hydrogens (tertiary/aromatic N) is 2. The van der Waals surface area contributed by atoms with Crippen molar-refractivity contribution in [3.8, 4) is 11.8 Å². The predicted molar refractivity (Wildman–Crippen MR) is 61.7 cm³/mol. The van der Waals surface area contributed by atoms with Gasteiger partial charge in [-0.3, -0.25) is 4.98 Å². The van der Waals surface area contributed by atoms with Crippen LogP contribution in [0.25, 0.3) is 10.9 Å². The molecule has 108 valence electrons. The van der Waals surface area contributed by atoms with E-state index in [2.05, 4.69) is 14.2 Å². The topological polar surface area (TPSA) is 78.4 Å². The largest absolute Gasteiger partial charge is 0.534 e. The smallest absolute Gasteiger partial charge is 0.479 e. The lowest BCUT2D eigenvalue weighted by atomic mass is 10.2. The summed E-state index contributed by atoms with van der Waals surface area (Å²) < 4.78 is 67.3. The molecule has 2 rings (SSSR count). The lowest BCUT2D eigenvalue weighted by molar-refractivity contribution is -0.0501. The molecule has 0 N–H and O–H groups in total. The molecule has 6 nitrogen and oxygen atoms in total. The van der Waals surface area contributed by atoms with Crippen LogP contribution in [0.15, 0.2) is 24.4 Å². The Balaban J connectivity index is 2.52. The third kappa shape index (κ3) is 2.59. The van der Waals surface area contributed by atoms with Gasteiger partial charge >= 0.3 is 15.6 Å². The minimum absolute atomic E-state index is 0.143.